The van der Waals surface area contributed by atoms with Gasteiger partial charge in [-0.2, -0.15) is 12.1 Å². The van der Waals surface area contributed by atoms with Gasteiger partial charge in [-0.05, 0) is 6.42 Å². The molecule has 0 unspecified atom stereocenters. The molecule has 0 aliphatic heterocycles. The van der Waals surface area contributed by atoms with Crippen molar-refractivity contribution < 1.29 is 63.7 Å². The Kier molecular flexibility index (Phi) is 10.4. The van der Waals surface area contributed by atoms with Gasteiger partial charge in [0.25, 0.3) is 0 Å². The van der Waals surface area contributed by atoms with Crippen molar-refractivity contribution in [1.29, 1.82) is 0 Å². The molecule has 0 saturated heterocycles. The van der Waals surface area contributed by atoms with E-state index < -0.39 is 0 Å². The molecule has 1 aromatic carbocycles. The van der Waals surface area contributed by atoms with E-state index in [1.807, 2.05) is 13.0 Å². The molecule has 0 aliphatic rings. The van der Waals surface area contributed by atoms with Crippen molar-refractivity contribution in [2.75, 3.05) is 0 Å². The minimum absolute atomic E-state index is 0. The van der Waals surface area contributed by atoms with E-state index in [0.29, 0.717) is 0 Å². The second kappa shape index (κ2) is 8.68. The van der Waals surface area contributed by atoms with Crippen LogP contribution in [-0.2, 0) is 0 Å². The molecule has 1 aromatic rings. The van der Waals surface area contributed by atoms with Gasteiger partial charge in [0.15, 0.2) is 0 Å². The van der Waals surface area contributed by atoms with E-state index in [4.69, 9.17) is 0 Å². The molecule has 0 aromatic heterocycles. The topological polar surface area (TPSA) is 47.1 Å². The SMILES string of the molecule is C=C(CC)c1cc[c-]c(=O)cc1.[OH-].[Rb+]. The van der Waals surface area contributed by atoms with Crippen LogP contribution in [0.25, 0.3) is 5.57 Å². The van der Waals surface area contributed by atoms with Crippen molar-refractivity contribution in [2.45, 2.75) is 13.3 Å². The van der Waals surface area contributed by atoms with Crippen LogP contribution in [0.4, 0.5) is 0 Å². The Morgan fingerprint density at radius 3 is 2.64 bits per heavy atom. The molecule has 0 saturated carbocycles. The summed E-state index contributed by atoms with van der Waals surface area (Å²) in [5.74, 6) is 0. The zero-order valence-electron chi connectivity index (χ0n) is 8.58. The zero-order valence-corrected chi connectivity index (χ0v) is 13.5. The van der Waals surface area contributed by atoms with Gasteiger partial charge in [-0.3, -0.25) is 0 Å². The molecule has 0 radical (unpaired) electrons. The van der Waals surface area contributed by atoms with Crippen LogP contribution < -0.4 is 63.6 Å². The Bertz CT molecular complexity index is 347. The first-order chi connectivity index (χ1) is 5.74. The molecule has 1 N–H and O–H groups in total. The third-order valence-corrected chi connectivity index (χ3v) is 1.74. The van der Waals surface area contributed by atoms with E-state index in [1.165, 1.54) is 6.07 Å². The summed E-state index contributed by atoms with van der Waals surface area (Å²) in [6, 6.07) is 9.37. The molecule has 1 rings (SSSR count). The number of rotatable bonds is 2. The summed E-state index contributed by atoms with van der Waals surface area (Å²) in [6.45, 7) is 5.92. The van der Waals surface area contributed by atoms with Gasteiger partial charge in [-0.1, -0.05) is 24.6 Å². The fourth-order valence-corrected chi connectivity index (χ4v) is 0.923. The van der Waals surface area contributed by atoms with Crippen LogP contribution in [0.5, 0.6) is 0 Å². The fourth-order valence-electron chi connectivity index (χ4n) is 0.923. The van der Waals surface area contributed by atoms with Crippen LogP contribution >= 0.6 is 0 Å². The number of hydrogen-bond acceptors (Lipinski definition) is 2. The van der Waals surface area contributed by atoms with E-state index in [0.717, 1.165) is 17.6 Å². The average molecular weight is 262 g/mol. The number of hydrogen-bond donors (Lipinski definition) is 0. The van der Waals surface area contributed by atoms with Crippen molar-refractivity contribution >= 4 is 5.57 Å². The first-order valence-corrected chi connectivity index (χ1v) is 3.94. The van der Waals surface area contributed by atoms with Gasteiger partial charge in [0.1, 0.15) is 0 Å². The standard InChI is InChI=1S/C11H11O.H2O.Rb/c1-3-9(2)10-5-4-6-11(12)8-7-10;;/h4-5,7-8H,2-3H2,1H3;1H2;/q-1;;+1/p-1. The van der Waals surface area contributed by atoms with E-state index in [-0.39, 0.29) is 69.1 Å². The van der Waals surface area contributed by atoms with Crippen molar-refractivity contribution in [3.63, 3.8) is 0 Å². The Labute approximate surface area is 133 Å². The van der Waals surface area contributed by atoms with Crippen LogP contribution in [0.2, 0.25) is 0 Å². The summed E-state index contributed by atoms with van der Waals surface area (Å²) in [4.78, 5) is 10.8. The van der Waals surface area contributed by atoms with Gasteiger partial charge in [0.2, 0.25) is 0 Å². The summed E-state index contributed by atoms with van der Waals surface area (Å²) in [5, 5.41) is 0. The molecule has 2 nitrogen and oxygen atoms in total. The van der Waals surface area contributed by atoms with Crippen LogP contribution in [-0.4, -0.2) is 5.48 Å². The summed E-state index contributed by atoms with van der Waals surface area (Å²) in [7, 11) is 0. The van der Waals surface area contributed by atoms with Gasteiger partial charge < -0.3 is 10.3 Å². The Hall–Kier alpha value is 0.395. The Morgan fingerprint density at radius 2 is 2.07 bits per heavy atom. The summed E-state index contributed by atoms with van der Waals surface area (Å²) < 4.78 is 0. The second-order valence-corrected chi connectivity index (χ2v) is 2.59. The normalized spacial score (nSPS) is 8.07. The quantitative estimate of drug-likeness (QED) is 0.648. The minimum atomic E-state index is -0.0925. The predicted molar refractivity (Wildman–Crippen MR) is 52.8 cm³/mol. The molecule has 0 amide bonds. The van der Waals surface area contributed by atoms with Crippen LogP contribution in [0, 0.1) is 6.07 Å². The fraction of sp³-hybridized carbons (Fsp3) is 0.182. The Balaban J connectivity index is 0. The molecule has 14 heavy (non-hydrogen) atoms. The second-order valence-electron chi connectivity index (χ2n) is 2.59. The van der Waals surface area contributed by atoms with Gasteiger partial charge in [-0.15, -0.1) is 18.2 Å². The van der Waals surface area contributed by atoms with E-state index in [1.54, 1.807) is 12.1 Å². The summed E-state index contributed by atoms with van der Waals surface area (Å²) in [5.41, 5.74) is 1.96. The first-order valence-electron chi connectivity index (χ1n) is 3.94. The Morgan fingerprint density at radius 1 is 1.43 bits per heavy atom. The molecule has 0 fully saturated rings. The molecular weight excluding hydrogens is 250 g/mol. The monoisotopic (exact) mass is 261 g/mol. The van der Waals surface area contributed by atoms with Gasteiger partial charge in [0, 0.05) is 0 Å². The van der Waals surface area contributed by atoms with Crippen molar-refractivity contribution in [1.82, 2.24) is 0 Å². The molecule has 0 bridgehead atoms. The first kappa shape index (κ1) is 16.8. The molecule has 3 heteroatoms. The largest absolute Gasteiger partial charge is 1.00 e. The number of allylic oxidation sites excluding steroid dienone is 1. The molecule has 70 valence electrons. The van der Waals surface area contributed by atoms with Crippen LogP contribution in [0.15, 0.2) is 35.6 Å². The predicted octanol–water partition coefficient (Wildman–Crippen LogP) is -0.903. The third kappa shape index (κ3) is 5.32. The smallest absolute Gasteiger partial charge is 0.870 e. The van der Waals surface area contributed by atoms with Crippen molar-refractivity contribution in [3.05, 3.63) is 52.7 Å². The average Bonchev–Trinajstić information content (AvgIpc) is 2.29. The molecule has 0 atom stereocenters. The molecule has 0 aliphatic carbocycles. The third-order valence-electron chi connectivity index (χ3n) is 1.74. The van der Waals surface area contributed by atoms with Gasteiger partial charge >= 0.3 is 58.2 Å². The van der Waals surface area contributed by atoms with Crippen molar-refractivity contribution in [2.24, 2.45) is 0 Å². The maximum atomic E-state index is 10.8. The maximum absolute atomic E-state index is 10.8. The summed E-state index contributed by atoms with van der Waals surface area (Å²) >= 11 is 0. The van der Waals surface area contributed by atoms with Gasteiger partial charge in [-0.25, -0.2) is 0 Å². The van der Waals surface area contributed by atoms with E-state index in [2.05, 4.69) is 12.6 Å². The van der Waals surface area contributed by atoms with Crippen LogP contribution in [0.1, 0.15) is 18.9 Å². The van der Waals surface area contributed by atoms with Gasteiger partial charge in [0.05, 0.1) is 5.43 Å². The van der Waals surface area contributed by atoms with E-state index >= 15 is 0 Å². The maximum Gasteiger partial charge on any atom is 1.00 e. The van der Waals surface area contributed by atoms with E-state index in [9.17, 15) is 4.79 Å². The molecule has 0 spiro atoms. The van der Waals surface area contributed by atoms with Crippen molar-refractivity contribution in [3.8, 4) is 0 Å². The zero-order chi connectivity index (χ0) is 8.97. The molecule has 0 heterocycles. The molecular formula is C11H12O2Rb-. The summed E-state index contributed by atoms with van der Waals surface area (Å²) in [6.07, 6.45) is 0.901. The minimum Gasteiger partial charge on any atom is -0.870 e. The van der Waals surface area contributed by atoms with Crippen LogP contribution in [0.3, 0.4) is 0 Å².